The maximum absolute atomic E-state index is 12.7. The zero-order chi connectivity index (χ0) is 18.7. The maximum Gasteiger partial charge on any atom is 0.243 e. The topological polar surface area (TPSA) is 78.0 Å². The van der Waals surface area contributed by atoms with Crippen molar-refractivity contribution in [3.05, 3.63) is 30.3 Å². The summed E-state index contributed by atoms with van der Waals surface area (Å²) < 4.78 is 26.8. The van der Waals surface area contributed by atoms with E-state index in [9.17, 15) is 18.0 Å². The number of nitrogens with zero attached hydrogens (tertiary/aromatic N) is 3. The summed E-state index contributed by atoms with van der Waals surface area (Å²) in [5.41, 5.74) is 0. The number of sulfonamides is 1. The highest BCUT2D eigenvalue weighted by atomic mass is 32.2. The number of carbonyl (C=O) groups is 2. The minimum absolute atomic E-state index is 0.0384. The van der Waals surface area contributed by atoms with Crippen molar-refractivity contribution in [3.8, 4) is 0 Å². The molecule has 0 saturated carbocycles. The molecule has 0 spiro atoms. The minimum Gasteiger partial charge on any atom is -0.339 e. The van der Waals surface area contributed by atoms with Gasteiger partial charge in [0.05, 0.1) is 4.90 Å². The van der Waals surface area contributed by atoms with Crippen LogP contribution in [0.1, 0.15) is 19.8 Å². The van der Waals surface area contributed by atoms with Gasteiger partial charge in [0, 0.05) is 52.1 Å². The Morgan fingerprint density at radius 2 is 1.42 bits per heavy atom. The van der Waals surface area contributed by atoms with Crippen LogP contribution in [0.4, 0.5) is 0 Å². The summed E-state index contributed by atoms with van der Waals surface area (Å²) in [6, 6.07) is 8.41. The highest BCUT2D eigenvalue weighted by molar-refractivity contribution is 7.89. The van der Waals surface area contributed by atoms with Crippen LogP contribution in [0.25, 0.3) is 0 Å². The van der Waals surface area contributed by atoms with Crippen LogP contribution in [-0.4, -0.2) is 73.6 Å². The second-order valence-electron chi connectivity index (χ2n) is 6.82. The molecule has 2 fully saturated rings. The van der Waals surface area contributed by atoms with Crippen LogP contribution >= 0.6 is 0 Å². The number of piperazine rings is 1. The molecule has 0 atom stereocenters. The van der Waals surface area contributed by atoms with Gasteiger partial charge in [0.15, 0.2) is 0 Å². The number of carbonyl (C=O) groups excluding carboxylic acids is 2. The van der Waals surface area contributed by atoms with E-state index in [0.717, 1.165) is 0 Å². The zero-order valence-corrected chi connectivity index (χ0v) is 15.8. The first kappa shape index (κ1) is 18.8. The zero-order valence-electron chi connectivity index (χ0n) is 15.0. The molecule has 2 aliphatic heterocycles. The van der Waals surface area contributed by atoms with Gasteiger partial charge in [-0.1, -0.05) is 18.2 Å². The fourth-order valence-corrected chi connectivity index (χ4v) is 5.08. The van der Waals surface area contributed by atoms with Gasteiger partial charge in [0.1, 0.15) is 0 Å². The first-order valence-corrected chi connectivity index (χ1v) is 10.4. The lowest BCUT2D eigenvalue weighted by Crippen LogP contribution is -2.52. The van der Waals surface area contributed by atoms with E-state index in [0.29, 0.717) is 57.0 Å². The molecule has 142 valence electrons. The molecule has 3 rings (SSSR count). The molecule has 0 aromatic heterocycles. The lowest BCUT2D eigenvalue weighted by molar-refractivity contribution is -0.142. The average Bonchev–Trinajstić information content (AvgIpc) is 2.68. The van der Waals surface area contributed by atoms with Gasteiger partial charge in [-0.25, -0.2) is 8.42 Å². The molecule has 0 radical (unpaired) electrons. The van der Waals surface area contributed by atoms with Gasteiger partial charge in [-0.2, -0.15) is 4.31 Å². The Morgan fingerprint density at radius 1 is 0.885 bits per heavy atom. The second kappa shape index (κ2) is 7.75. The largest absolute Gasteiger partial charge is 0.339 e. The fraction of sp³-hybridized carbons (Fsp3) is 0.556. The summed E-state index contributed by atoms with van der Waals surface area (Å²) >= 11 is 0. The number of benzene rings is 1. The summed E-state index contributed by atoms with van der Waals surface area (Å²) in [4.78, 5) is 28.0. The van der Waals surface area contributed by atoms with Gasteiger partial charge < -0.3 is 9.80 Å². The quantitative estimate of drug-likeness (QED) is 0.778. The van der Waals surface area contributed by atoms with Crippen molar-refractivity contribution in [2.24, 2.45) is 5.92 Å². The van der Waals surface area contributed by atoms with Crippen molar-refractivity contribution in [3.63, 3.8) is 0 Å². The Hall–Kier alpha value is -1.93. The van der Waals surface area contributed by atoms with Gasteiger partial charge in [-0.3, -0.25) is 9.59 Å². The molecule has 0 unspecified atom stereocenters. The Labute approximate surface area is 154 Å². The van der Waals surface area contributed by atoms with Gasteiger partial charge in [0.2, 0.25) is 21.8 Å². The van der Waals surface area contributed by atoms with Crippen LogP contribution in [0.3, 0.4) is 0 Å². The predicted octanol–water partition coefficient (Wildman–Crippen LogP) is 0.778. The molecule has 26 heavy (non-hydrogen) atoms. The molecule has 0 bridgehead atoms. The van der Waals surface area contributed by atoms with Crippen molar-refractivity contribution in [1.29, 1.82) is 0 Å². The third kappa shape index (κ3) is 3.91. The number of hydrogen-bond donors (Lipinski definition) is 0. The van der Waals surface area contributed by atoms with E-state index < -0.39 is 10.0 Å². The molecule has 1 aromatic carbocycles. The van der Waals surface area contributed by atoms with Crippen LogP contribution < -0.4 is 0 Å². The minimum atomic E-state index is -3.49. The van der Waals surface area contributed by atoms with Crippen molar-refractivity contribution in [2.75, 3.05) is 39.3 Å². The standard InChI is InChI=1S/C18H25N3O4S/c1-15(22)19-11-13-20(14-12-19)18(23)16-7-9-21(10-8-16)26(24,25)17-5-3-2-4-6-17/h2-6,16H,7-14H2,1H3. The van der Waals surface area contributed by atoms with E-state index in [1.807, 2.05) is 4.90 Å². The molecule has 2 saturated heterocycles. The highest BCUT2D eigenvalue weighted by Gasteiger charge is 2.34. The number of amides is 2. The molecule has 2 heterocycles. The molecule has 0 aliphatic carbocycles. The van der Waals surface area contributed by atoms with Gasteiger partial charge in [-0.15, -0.1) is 0 Å². The van der Waals surface area contributed by atoms with E-state index in [-0.39, 0.29) is 17.7 Å². The molecular formula is C18H25N3O4S. The van der Waals surface area contributed by atoms with Crippen LogP contribution in [-0.2, 0) is 19.6 Å². The Balaban J connectivity index is 1.55. The third-order valence-electron chi connectivity index (χ3n) is 5.22. The fourth-order valence-electron chi connectivity index (χ4n) is 3.58. The van der Waals surface area contributed by atoms with Gasteiger partial charge >= 0.3 is 0 Å². The lowest BCUT2D eigenvalue weighted by atomic mass is 9.96. The van der Waals surface area contributed by atoms with E-state index >= 15 is 0 Å². The first-order valence-electron chi connectivity index (χ1n) is 8.99. The monoisotopic (exact) mass is 379 g/mol. The van der Waals surface area contributed by atoms with Crippen LogP contribution in [0.2, 0.25) is 0 Å². The number of hydrogen-bond acceptors (Lipinski definition) is 4. The summed E-state index contributed by atoms with van der Waals surface area (Å²) in [7, 11) is -3.49. The Kier molecular flexibility index (Phi) is 5.62. The third-order valence-corrected chi connectivity index (χ3v) is 7.13. The van der Waals surface area contributed by atoms with Gasteiger partial charge in [-0.05, 0) is 25.0 Å². The normalized spacial score (nSPS) is 20.2. The molecule has 2 aliphatic rings. The highest BCUT2D eigenvalue weighted by Crippen LogP contribution is 2.25. The molecular weight excluding hydrogens is 354 g/mol. The SMILES string of the molecule is CC(=O)N1CCN(C(=O)C2CCN(S(=O)(=O)c3ccccc3)CC2)CC1. The van der Waals surface area contributed by atoms with Crippen molar-refractivity contribution in [1.82, 2.24) is 14.1 Å². The van der Waals surface area contributed by atoms with Gasteiger partial charge in [0.25, 0.3) is 0 Å². The van der Waals surface area contributed by atoms with E-state index in [1.165, 1.54) is 4.31 Å². The molecule has 7 nitrogen and oxygen atoms in total. The van der Waals surface area contributed by atoms with Crippen LogP contribution in [0, 0.1) is 5.92 Å². The van der Waals surface area contributed by atoms with Crippen molar-refractivity contribution in [2.45, 2.75) is 24.7 Å². The van der Waals surface area contributed by atoms with Crippen molar-refractivity contribution < 1.29 is 18.0 Å². The summed E-state index contributed by atoms with van der Waals surface area (Å²) in [6.45, 7) is 4.52. The molecule has 2 amide bonds. The second-order valence-corrected chi connectivity index (χ2v) is 8.76. The summed E-state index contributed by atoms with van der Waals surface area (Å²) in [5.74, 6) is -0.0115. The molecule has 0 N–H and O–H groups in total. The van der Waals surface area contributed by atoms with E-state index in [2.05, 4.69) is 0 Å². The molecule has 1 aromatic rings. The Morgan fingerprint density at radius 3 is 1.96 bits per heavy atom. The smallest absolute Gasteiger partial charge is 0.243 e. The van der Waals surface area contributed by atoms with E-state index in [1.54, 1.807) is 42.2 Å². The van der Waals surface area contributed by atoms with Crippen LogP contribution in [0.5, 0.6) is 0 Å². The Bertz CT molecular complexity index is 750. The van der Waals surface area contributed by atoms with Crippen LogP contribution in [0.15, 0.2) is 35.2 Å². The van der Waals surface area contributed by atoms with Crippen molar-refractivity contribution >= 4 is 21.8 Å². The summed E-state index contributed by atoms with van der Waals surface area (Å²) in [5, 5.41) is 0. The first-order chi connectivity index (χ1) is 12.4. The molecule has 8 heteroatoms. The maximum atomic E-state index is 12.7. The number of piperidine rings is 1. The van der Waals surface area contributed by atoms with E-state index in [4.69, 9.17) is 0 Å². The predicted molar refractivity (Wildman–Crippen MR) is 96.8 cm³/mol. The lowest BCUT2D eigenvalue weighted by Gasteiger charge is -2.38. The number of rotatable bonds is 3. The average molecular weight is 379 g/mol. The summed E-state index contributed by atoms with van der Waals surface area (Å²) in [6.07, 6.45) is 1.08.